The van der Waals surface area contributed by atoms with Crippen molar-refractivity contribution in [3.05, 3.63) is 23.8 Å². The Bertz CT molecular complexity index is 346. The Kier molecular flexibility index (Phi) is 3.36. The van der Waals surface area contributed by atoms with E-state index in [-0.39, 0.29) is 5.56 Å². The minimum absolute atomic E-state index is 0.0750. The average Bonchev–Trinajstić information content (AvgIpc) is 2.18. The van der Waals surface area contributed by atoms with Crippen LogP contribution in [0.5, 0.6) is 0 Å². The fraction of sp³-hybridized carbons (Fsp3) is 0.500. The van der Waals surface area contributed by atoms with Crippen LogP contribution in [0.25, 0.3) is 0 Å². The van der Waals surface area contributed by atoms with Crippen molar-refractivity contribution >= 4 is 5.97 Å². The van der Waals surface area contributed by atoms with Crippen LogP contribution >= 0.6 is 0 Å². The first-order valence-electron chi connectivity index (χ1n) is 4.67. The lowest BCUT2D eigenvalue weighted by molar-refractivity contribution is -0.0208. The molecular weight excluding hydrogens is 196 g/mol. The Morgan fingerprint density at radius 2 is 2.00 bits per heavy atom. The van der Waals surface area contributed by atoms with Gasteiger partial charge in [-0.2, -0.15) is 0 Å². The number of ether oxygens (including phenoxy) is 1. The highest BCUT2D eigenvalue weighted by Gasteiger charge is 2.24. The second-order valence-corrected chi connectivity index (χ2v) is 3.54. The molecule has 0 aliphatic rings. The summed E-state index contributed by atoms with van der Waals surface area (Å²) in [6.45, 7) is 6.11. The van der Waals surface area contributed by atoms with Crippen LogP contribution in [0.3, 0.4) is 0 Å². The van der Waals surface area contributed by atoms with Crippen LogP contribution < -0.4 is 0 Å². The fourth-order valence-corrected chi connectivity index (χ4v) is 1.17. The normalized spacial score (nSPS) is 11.4. The molecule has 0 bridgehead atoms. The minimum Gasteiger partial charge on any atom is -0.478 e. The molecule has 1 rings (SSSR count). The summed E-state index contributed by atoms with van der Waals surface area (Å²) in [6, 6.07) is 0. The Morgan fingerprint density at radius 1 is 1.47 bits per heavy atom. The van der Waals surface area contributed by atoms with Crippen molar-refractivity contribution in [2.45, 2.75) is 26.4 Å². The average molecular weight is 210 g/mol. The van der Waals surface area contributed by atoms with E-state index in [1.54, 1.807) is 0 Å². The summed E-state index contributed by atoms with van der Waals surface area (Å²) in [5.41, 5.74) is -0.516. The van der Waals surface area contributed by atoms with Gasteiger partial charge in [0.1, 0.15) is 5.60 Å². The van der Waals surface area contributed by atoms with E-state index in [4.69, 9.17) is 9.84 Å². The summed E-state index contributed by atoms with van der Waals surface area (Å²) in [7, 11) is 0. The summed E-state index contributed by atoms with van der Waals surface area (Å²) in [5.74, 6) is -0.551. The number of carboxylic acid groups (broad SMARTS) is 1. The van der Waals surface area contributed by atoms with E-state index in [0.717, 1.165) is 0 Å². The Hall–Kier alpha value is -1.49. The second kappa shape index (κ2) is 4.35. The number of aromatic nitrogens is 2. The maximum absolute atomic E-state index is 10.6. The van der Waals surface area contributed by atoms with E-state index in [1.165, 1.54) is 12.4 Å². The minimum atomic E-state index is -1.03. The van der Waals surface area contributed by atoms with Crippen molar-refractivity contribution in [3.8, 4) is 0 Å². The van der Waals surface area contributed by atoms with Crippen molar-refractivity contribution in [1.82, 2.24) is 9.97 Å². The quantitative estimate of drug-likeness (QED) is 0.814. The van der Waals surface area contributed by atoms with Crippen molar-refractivity contribution < 1.29 is 14.6 Å². The molecule has 0 unspecified atom stereocenters. The third kappa shape index (κ3) is 2.73. The molecular formula is C10H14N2O3. The van der Waals surface area contributed by atoms with Crippen LogP contribution in [0, 0.1) is 0 Å². The van der Waals surface area contributed by atoms with E-state index >= 15 is 0 Å². The van der Waals surface area contributed by atoms with E-state index in [9.17, 15) is 4.79 Å². The zero-order chi connectivity index (χ0) is 11.5. The zero-order valence-electron chi connectivity index (χ0n) is 9.02. The Morgan fingerprint density at radius 3 is 2.40 bits per heavy atom. The number of hydrogen-bond acceptors (Lipinski definition) is 4. The van der Waals surface area contributed by atoms with Crippen LogP contribution in [-0.4, -0.2) is 27.7 Å². The van der Waals surface area contributed by atoms with E-state index in [0.29, 0.717) is 12.4 Å². The van der Waals surface area contributed by atoms with Crippen molar-refractivity contribution in [3.63, 3.8) is 0 Å². The van der Waals surface area contributed by atoms with Gasteiger partial charge in [-0.3, -0.25) is 0 Å². The Labute approximate surface area is 88.1 Å². The van der Waals surface area contributed by atoms with Gasteiger partial charge < -0.3 is 9.84 Å². The van der Waals surface area contributed by atoms with Gasteiger partial charge in [0.05, 0.1) is 5.56 Å². The van der Waals surface area contributed by atoms with Crippen LogP contribution in [0.15, 0.2) is 12.4 Å². The molecule has 0 fully saturated rings. The molecule has 1 heterocycles. The van der Waals surface area contributed by atoms with Crippen molar-refractivity contribution in [2.24, 2.45) is 0 Å². The smallest absolute Gasteiger partial charge is 0.338 e. The van der Waals surface area contributed by atoms with Gasteiger partial charge in [0.25, 0.3) is 0 Å². The molecule has 0 saturated heterocycles. The molecule has 1 N–H and O–H groups in total. The number of carboxylic acids is 1. The molecule has 0 aromatic carbocycles. The van der Waals surface area contributed by atoms with Crippen molar-refractivity contribution in [1.29, 1.82) is 0 Å². The molecule has 0 aliphatic heterocycles. The molecule has 15 heavy (non-hydrogen) atoms. The predicted octanol–water partition coefficient (Wildman–Crippen LogP) is 1.45. The van der Waals surface area contributed by atoms with Gasteiger partial charge in [0.2, 0.25) is 0 Å². The van der Waals surface area contributed by atoms with Crippen LogP contribution in [-0.2, 0) is 10.3 Å². The van der Waals surface area contributed by atoms with E-state index in [1.807, 2.05) is 20.8 Å². The standard InChI is InChI=1S/C10H14N2O3/c1-4-15-10(2,3)9-11-5-7(6-12-9)8(13)14/h5-6H,4H2,1-3H3,(H,13,14). The molecule has 0 amide bonds. The maximum Gasteiger partial charge on any atom is 0.338 e. The number of aromatic carboxylic acids is 1. The number of carbonyl (C=O) groups is 1. The summed E-state index contributed by atoms with van der Waals surface area (Å²) >= 11 is 0. The number of rotatable bonds is 4. The number of nitrogens with zero attached hydrogens (tertiary/aromatic N) is 2. The van der Waals surface area contributed by atoms with Gasteiger partial charge in [0.15, 0.2) is 5.82 Å². The largest absolute Gasteiger partial charge is 0.478 e. The topological polar surface area (TPSA) is 72.3 Å². The number of hydrogen-bond donors (Lipinski definition) is 1. The van der Waals surface area contributed by atoms with E-state index < -0.39 is 11.6 Å². The highest BCUT2D eigenvalue weighted by molar-refractivity contribution is 5.86. The zero-order valence-corrected chi connectivity index (χ0v) is 9.02. The maximum atomic E-state index is 10.6. The third-order valence-electron chi connectivity index (χ3n) is 1.94. The monoisotopic (exact) mass is 210 g/mol. The molecule has 82 valence electrons. The summed E-state index contributed by atoms with van der Waals surface area (Å²) in [4.78, 5) is 18.5. The Balaban J connectivity index is 2.93. The first-order valence-corrected chi connectivity index (χ1v) is 4.67. The summed E-state index contributed by atoms with van der Waals surface area (Å²) in [5, 5.41) is 8.67. The lowest BCUT2D eigenvalue weighted by Crippen LogP contribution is -2.24. The molecule has 0 aliphatic carbocycles. The first kappa shape index (κ1) is 11.6. The molecule has 0 spiro atoms. The van der Waals surface area contributed by atoms with Gasteiger partial charge in [-0.25, -0.2) is 14.8 Å². The van der Waals surface area contributed by atoms with Gasteiger partial charge in [-0.15, -0.1) is 0 Å². The highest BCUT2D eigenvalue weighted by Crippen LogP contribution is 2.20. The molecule has 5 nitrogen and oxygen atoms in total. The summed E-state index contributed by atoms with van der Waals surface area (Å²) in [6.07, 6.45) is 2.57. The van der Waals surface area contributed by atoms with Gasteiger partial charge in [-0.05, 0) is 20.8 Å². The predicted molar refractivity (Wildman–Crippen MR) is 53.6 cm³/mol. The molecule has 0 atom stereocenters. The van der Waals surface area contributed by atoms with Crippen LogP contribution in [0.4, 0.5) is 0 Å². The third-order valence-corrected chi connectivity index (χ3v) is 1.94. The van der Waals surface area contributed by atoms with Gasteiger partial charge in [0, 0.05) is 19.0 Å². The molecule has 5 heteroatoms. The lowest BCUT2D eigenvalue weighted by Gasteiger charge is -2.22. The SMILES string of the molecule is CCOC(C)(C)c1ncc(C(=O)O)cn1. The lowest BCUT2D eigenvalue weighted by atomic mass is 10.1. The van der Waals surface area contributed by atoms with Gasteiger partial charge in [-0.1, -0.05) is 0 Å². The van der Waals surface area contributed by atoms with Crippen LogP contribution in [0.2, 0.25) is 0 Å². The first-order chi connectivity index (χ1) is 6.97. The molecule has 1 aromatic rings. The molecule has 0 radical (unpaired) electrons. The fourth-order valence-electron chi connectivity index (χ4n) is 1.17. The second-order valence-electron chi connectivity index (χ2n) is 3.54. The molecule has 1 aromatic heterocycles. The summed E-state index contributed by atoms with van der Waals surface area (Å²) < 4.78 is 5.44. The van der Waals surface area contributed by atoms with Crippen molar-refractivity contribution in [2.75, 3.05) is 6.61 Å². The highest BCUT2D eigenvalue weighted by atomic mass is 16.5. The van der Waals surface area contributed by atoms with Gasteiger partial charge >= 0.3 is 5.97 Å². The van der Waals surface area contributed by atoms with E-state index in [2.05, 4.69) is 9.97 Å². The molecule has 0 saturated carbocycles. The van der Waals surface area contributed by atoms with Crippen LogP contribution in [0.1, 0.15) is 37.0 Å².